The number of hydrogen-bond acceptors (Lipinski definition) is 14. The Labute approximate surface area is 373 Å². The van der Waals surface area contributed by atoms with Gasteiger partial charge in [-0.3, -0.25) is 43.4 Å². The molecule has 318 valence electrons. The van der Waals surface area contributed by atoms with E-state index >= 15 is 0 Å². The van der Waals surface area contributed by atoms with Crippen LogP contribution in [-0.4, -0.2) is 93.7 Å². The third-order valence-corrected chi connectivity index (χ3v) is 13.3. The number of nitrogens with zero attached hydrogens (tertiary/aromatic N) is 3. The number of carbonyl (C=O) groups is 8. The highest BCUT2D eigenvalue weighted by molar-refractivity contribution is 8.08. The maximum absolute atomic E-state index is 13.1. The first-order valence-electron chi connectivity index (χ1n) is 19.0. The largest absolute Gasteiger partial charge is 0.480 e. The van der Waals surface area contributed by atoms with Crippen molar-refractivity contribution in [2.75, 3.05) is 26.3 Å². The smallest absolute Gasteiger partial charge is 0.352 e. The minimum Gasteiger partial charge on any atom is -0.480 e. The number of carbonyl (C=O) groups excluding carboxylic acids is 7. The lowest BCUT2D eigenvalue weighted by atomic mass is 10.4. The number of aliphatic carboxylic acids is 1. The second kappa shape index (κ2) is 22.3. The molecule has 0 bridgehead atoms. The highest BCUT2D eigenvalue weighted by atomic mass is 32.2. The molecule has 6 amide bonds. The van der Waals surface area contributed by atoms with Crippen LogP contribution in [0.4, 0.5) is 0 Å². The van der Waals surface area contributed by atoms with Gasteiger partial charge in [0.2, 0.25) is 0 Å². The minimum atomic E-state index is -1.23. The number of carboxylic acid groups (broad SMARTS) is 1. The lowest BCUT2D eigenvalue weighted by molar-refractivity contribution is -0.198. The summed E-state index contributed by atoms with van der Waals surface area (Å²) >= 11 is 4.61. The van der Waals surface area contributed by atoms with Crippen LogP contribution < -0.4 is 0 Å². The summed E-state index contributed by atoms with van der Waals surface area (Å²) in [6.07, 6.45) is 2.45. The molecular formula is C44H37N3O11S4. The number of imide groups is 3. The molecule has 4 aliphatic rings. The fourth-order valence-corrected chi connectivity index (χ4v) is 9.82. The molecule has 4 aliphatic heterocycles. The standard InChI is InChI=1S/C22H16N2O6S2.C18H13NO4S2.C4H8O/c25-16-11-12-17(26)24(16)30-18(27)13-23-21(28)19(31-14-7-3-1-4-8-14)20(22(23)29)32-15-9-5-2-6-10-15;20-14(21)11-19-17(22)15(24-12-7-3-1-4-8-12)16(18(19)23)25-13-9-5-2-6-10-13;1-2-4-5-3-1/h1-10H,11-13H2;1-10H,11H2,(H,20,21);1-4H2. The first kappa shape index (κ1) is 45.6. The topological polar surface area (TPSA) is 185 Å². The highest BCUT2D eigenvalue weighted by Gasteiger charge is 2.43. The van der Waals surface area contributed by atoms with Gasteiger partial charge in [0, 0.05) is 45.6 Å². The predicted octanol–water partition coefficient (Wildman–Crippen LogP) is 6.79. The molecule has 0 spiro atoms. The Morgan fingerprint density at radius 3 is 1.08 bits per heavy atom. The molecule has 4 aromatic carbocycles. The van der Waals surface area contributed by atoms with Crippen molar-refractivity contribution in [2.24, 2.45) is 0 Å². The summed E-state index contributed by atoms with van der Waals surface area (Å²) in [4.78, 5) is 108. The van der Waals surface area contributed by atoms with Gasteiger partial charge in [-0.15, -0.1) is 5.06 Å². The zero-order chi connectivity index (χ0) is 44.0. The van der Waals surface area contributed by atoms with Crippen LogP contribution in [0.1, 0.15) is 25.7 Å². The molecule has 0 radical (unpaired) electrons. The minimum absolute atomic E-state index is 0.0506. The maximum atomic E-state index is 13.1. The number of hydroxylamine groups is 2. The summed E-state index contributed by atoms with van der Waals surface area (Å²) in [5.41, 5.74) is 0. The number of hydrogen-bond donors (Lipinski definition) is 1. The van der Waals surface area contributed by atoms with Crippen molar-refractivity contribution >= 4 is 94.4 Å². The van der Waals surface area contributed by atoms with Crippen molar-refractivity contribution in [1.29, 1.82) is 0 Å². The van der Waals surface area contributed by atoms with E-state index in [1.165, 1.54) is 36.4 Å². The van der Waals surface area contributed by atoms with E-state index in [1.54, 1.807) is 0 Å². The Morgan fingerprint density at radius 1 is 0.500 bits per heavy atom. The third kappa shape index (κ3) is 12.1. The summed E-state index contributed by atoms with van der Waals surface area (Å²) in [6, 6.07) is 36.5. The Kier molecular flexibility index (Phi) is 16.4. The summed E-state index contributed by atoms with van der Waals surface area (Å²) in [7, 11) is 0. The number of thioether (sulfide) groups is 4. The van der Waals surface area contributed by atoms with Crippen molar-refractivity contribution in [3.8, 4) is 0 Å². The van der Waals surface area contributed by atoms with Crippen molar-refractivity contribution < 1.29 is 53.0 Å². The van der Waals surface area contributed by atoms with Gasteiger partial charge in [0.15, 0.2) is 0 Å². The van der Waals surface area contributed by atoms with E-state index in [1.807, 2.05) is 121 Å². The van der Waals surface area contributed by atoms with Crippen LogP contribution in [0.25, 0.3) is 0 Å². The fourth-order valence-electron chi connectivity index (χ4n) is 5.70. The van der Waals surface area contributed by atoms with Crippen LogP contribution in [-0.2, 0) is 47.9 Å². The van der Waals surface area contributed by atoms with Gasteiger partial charge in [0.05, 0.1) is 19.6 Å². The molecule has 4 aromatic rings. The first-order valence-corrected chi connectivity index (χ1v) is 22.3. The zero-order valence-corrected chi connectivity index (χ0v) is 36.0. The molecule has 2 fully saturated rings. The molecule has 0 atom stereocenters. The molecule has 4 heterocycles. The third-order valence-electron chi connectivity index (χ3n) is 8.63. The Hall–Kier alpha value is -5.92. The van der Waals surface area contributed by atoms with Gasteiger partial charge in [-0.2, -0.15) is 0 Å². The number of amides is 6. The number of carboxylic acids is 1. The Balaban J connectivity index is 0.000000190. The van der Waals surface area contributed by atoms with Gasteiger partial charge >= 0.3 is 11.9 Å². The van der Waals surface area contributed by atoms with E-state index in [-0.39, 0.29) is 32.5 Å². The van der Waals surface area contributed by atoms with Gasteiger partial charge in [0.25, 0.3) is 35.4 Å². The van der Waals surface area contributed by atoms with Crippen molar-refractivity contribution in [2.45, 2.75) is 45.3 Å². The molecule has 18 heteroatoms. The summed E-state index contributed by atoms with van der Waals surface area (Å²) in [5, 5.41) is 9.37. The monoisotopic (exact) mass is 911 g/mol. The second-order valence-electron chi connectivity index (χ2n) is 13.1. The average molecular weight is 912 g/mol. The summed E-state index contributed by atoms with van der Waals surface area (Å²) in [5.74, 6) is -5.97. The molecule has 14 nitrogen and oxygen atoms in total. The maximum Gasteiger partial charge on any atom is 0.352 e. The fraction of sp³-hybridized carbons (Fsp3) is 0.182. The number of benzene rings is 4. The molecule has 2 saturated heterocycles. The van der Waals surface area contributed by atoms with Crippen LogP contribution in [0.5, 0.6) is 0 Å². The van der Waals surface area contributed by atoms with E-state index in [2.05, 4.69) is 0 Å². The van der Waals surface area contributed by atoms with Crippen LogP contribution in [0.2, 0.25) is 0 Å². The highest BCUT2D eigenvalue weighted by Crippen LogP contribution is 2.43. The van der Waals surface area contributed by atoms with E-state index in [9.17, 15) is 38.4 Å². The van der Waals surface area contributed by atoms with Crippen LogP contribution in [0.15, 0.2) is 161 Å². The van der Waals surface area contributed by atoms with E-state index in [0.29, 0.717) is 5.06 Å². The number of rotatable bonds is 13. The SMILES string of the molecule is C1CCOC1.O=C(CN1C(=O)C(Sc2ccccc2)=C(Sc2ccccc2)C1=O)ON1C(=O)CCC1=O.O=C(O)CN1C(=O)C(Sc2ccccc2)=C(Sc2ccccc2)C1=O. The van der Waals surface area contributed by atoms with Crippen LogP contribution >= 0.6 is 47.0 Å². The van der Waals surface area contributed by atoms with Crippen molar-refractivity contribution in [1.82, 2.24) is 14.9 Å². The first-order chi connectivity index (χ1) is 30.0. The Morgan fingerprint density at radius 2 is 0.806 bits per heavy atom. The lowest BCUT2D eigenvalue weighted by Crippen LogP contribution is -2.40. The summed E-state index contributed by atoms with van der Waals surface area (Å²) in [6.45, 7) is 0.641. The quantitative estimate of drug-likeness (QED) is 0.138. The van der Waals surface area contributed by atoms with E-state index in [4.69, 9.17) is 14.7 Å². The average Bonchev–Trinajstić information content (AvgIpc) is 4.06. The predicted molar refractivity (Wildman–Crippen MR) is 232 cm³/mol. The molecule has 1 N–H and O–H groups in total. The van der Waals surface area contributed by atoms with Gasteiger partial charge < -0.3 is 14.7 Å². The molecular weight excluding hydrogens is 875 g/mol. The zero-order valence-electron chi connectivity index (χ0n) is 32.7. The van der Waals surface area contributed by atoms with E-state index in [0.717, 1.165) is 66.1 Å². The van der Waals surface area contributed by atoms with Crippen molar-refractivity contribution in [3.63, 3.8) is 0 Å². The second-order valence-corrected chi connectivity index (χ2v) is 17.5. The Bertz CT molecular complexity index is 2240. The lowest BCUT2D eigenvalue weighted by Gasteiger charge is -2.17. The number of ether oxygens (including phenoxy) is 1. The van der Waals surface area contributed by atoms with Gasteiger partial charge in [-0.1, -0.05) is 120 Å². The molecule has 8 rings (SSSR count). The molecule has 0 unspecified atom stereocenters. The van der Waals surface area contributed by atoms with Crippen LogP contribution in [0.3, 0.4) is 0 Å². The summed E-state index contributed by atoms with van der Waals surface area (Å²) < 4.78 is 4.94. The van der Waals surface area contributed by atoms with E-state index < -0.39 is 60.5 Å². The molecule has 0 aliphatic carbocycles. The van der Waals surface area contributed by atoms with Crippen LogP contribution in [0, 0.1) is 0 Å². The van der Waals surface area contributed by atoms with Gasteiger partial charge in [0.1, 0.15) is 13.1 Å². The van der Waals surface area contributed by atoms with Gasteiger partial charge in [-0.25, -0.2) is 4.79 Å². The molecule has 62 heavy (non-hydrogen) atoms. The van der Waals surface area contributed by atoms with Crippen molar-refractivity contribution in [3.05, 3.63) is 141 Å². The molecule has 0 aromatic heterocycles. The molecule has 0 saturated carbocycles. The normalized spacial score (nSPS) is 16.2. The van der Waals surface area contributed by atoms with Gasteiger partial charge in [-0.05, 0) is 61.4 Å².